The molecule has 3 saturated heterocycles. The number of benzene rings is 3. The molecule has 17 nitrogen and oxygen atoms in total. The highest BCUT2D eigenvalue weighted by molar-refractivity contribution is 7.19. The van der Waals surface area contributed by atoms with E-state index in [4.69, 9.17) is 24.2 Å². The second kappa shape index (κ2) is 19.3. The predicted molar refractivity (Wildman–Crippen MR) is 268 cm³/mol. The maximum Gasteiger partial charge on any atom is 0.407 e. The minimum Gasteiger partial charge on any atom is -0.464 e. The standard InChI is InChI=1S/C53H55F2N9O8S/c1-53(2,55)45(61-52(68)70-4)49(66)63-18-8-11-38(63)47-56-26-34(58-47)29-13-14-36-32(21-29)23-39-43-33(54)22-31(24-40(43)72-50(64(36)39)42-25-30-9-5-6-12-41(30)73-42)35-27-57-46(59-35)37-10-7-17-62(37)48(65)44(60-51(67)69-3)28-15-19-71-20-16-28/h5-6,9,12-14,21-28,37-38,44-45,50H,7-8,10-11,15-20H2,1-4H3,(H,56,58)(H,57,59)(H,60,67)(H,61,68)/t37-,38-,44-,45?,50?/m0/s1. The summed E-state index contributed by atoms with van der Waals surface area (Å²) in [5, 5.41) is 7.05. The number of thiophene rings is 1. The van der Waals surface area contributed by atoms with Gasteiger partial charge in [-0.25, -0.2) is 28.3 Å². The first-order valence-corrected chi connectivity index (χ1v) is 25.4. The van der Waals surface area contributed by atoms with Crippen molar-refractivity contribution in [3.05, 3.63) is 101 Å². The van der Waals surface area contributed by atoms with Crippen LogP contribution in [0.2, 0.25) is 0 Å². The van der Waals surface area contributed by atoms with Crippen LogP contribution in [0.4, 0.5) is 18.4 Å². The first kappa shape index (κ1) is 48.0. The number of halogens is 2. The second-order valence-corrected chi connectivity index (χ2v) is 20.7. The Labute approximate surface area is 422 Å². The van der Waals surface area contributed by atoms with Gasteiger partial charge in [0.15, 0.2) is 0 Å². The van der Waals surface area contributed by atoms with Gasteiger partial charge in [0.25, 0.3) is 0 Å². The maximum absolute atomic E-state index is 17.1. The van der Waals surface area contributed by atoms with Gasteiger partial charge in [-0.3, -0.25) is 14.2 Å². The predicted octanol–water partition coefficient (Wildman–Crippen LogP) is 9.33. The molecule has 2 unspecified atom stereocenters. The van der Waals surface area contributed by atoms with Gasteiger partial charge in [-0.15, -0.1) is 11.3 Å². The molecular weight excluding hydrogens is 961 g/mol. The second-order valence-electron chi connectivity index (χ2n) is 19.6. The van der Waals surface area contributed by atoms with E-state index in [1.54, 1.807) is 33.5 Å². The molecule has 0 saturated carbocycles. The van der Waals surface area contributed by atoms with Gasteiger partial charge >= 0.3 is 12.2 Å². The largest absolute Gasteiger partial charge is 0.464 e. The van der Waals surface area contributed by atoms with Crippen LogP contribution in [0.1, 0.15) is 87.2 Å². The van der Waals surface area contributed by atoms with Crippen LogP contribution in [-0.2, 0) is 23.8 Å². The van der Waals surface area contributed by atoms with Gasteiger partial charge in [0.1, 0.15) is 41.0 Å². The molecule has 0 radical (unpaired) electrons. The number of nitrogens with zero attached hydrogens (tertiary/aromatic N) is 5. The number of carbonyl (C=O) groups excluding carboxylic acids is 4. The number of amides is 4. The van der Waals surface area contributed by atoms with Crippen molar-refractivity contribution in [2.75, 3.05) is 40.5 Å². The van der Waals surface area contributed by atoms with Crippen molar-refractivity contribution in [1.29, 1.82) is 0 Å². The van der Waals surface area contributed by atoms with Gasteiger partial charge in [-0.2, -0.15) is 0 Å². The lowest BCUT2D eigenvalue weighted by atomic mass is 9.90. The Morgan fingerprint density at radius 1 is 0.795 bits per heavy atom. The number of ether oxygens (including phenoxy) is 4. The number of fused-ring (bicyclic) bond motifs is 6. The zero-order chi connectivity index (χ0) is 50.7. The van der Waals surface area contributed by atoms with Crippen molar-refractivity contribution < 1.29 is 46.9 Å². The molecule has 4 aliphatic rings. The van der Waals surface area contributed by atoms with E-state index >= 15 is 8.78 Å². The fraction of sp³-hybridized carbons (Fsp3) is 0.396. The molecule has 20 heteroatoms. The number of H-pyrrole nitrogens is 2. The van der Waals surface area contributed by atoms with Gasteiger partial charge in [-0.1, -0.05) is 24.3 Å². The number of hydrogen-bond donors (Lipinski definition) is 4. The molecule has 4 N–H and O–H groups in total. The Balaban J connectivity index is 0.911. The number of imidazole rings is 2. The van der Waals surface area contributed by atoms with E-state index in [0.29, 0.717) is 104 Å². The summed E-state index contributed by atoms with van der Waals surface area (Å²) >= 11 is 1.60. The van der Waals surface area contributed by atoms with E-state index in [-0.39, 0.29) is 17.9 Å². The summed E-state index contributed by atoms with van der Waals surface area (Å²) in [5.41, 5.74) is 2.22. The monoisotopic (exact) mass is 1020 g/mol. The number of hydrogen-bond acceptors (Lipinski definition) is 11. The van der Waals surface area contributed by atoms with E-state index in [1.807, 2.05) is 47.0 Å². The van der Waals surface area contributed by atoms with Crippen molar-refractivity contribution in [3.8, 4) is 39.5 Å². The number of likely N-dealkylation sites (tertiary alicyclic amines) is 2. The molecule has 4 aromatic heterocycles. The Kier molecular flexibility index (Phi) is 12.7. The van der Waals surface area contributed by atoms with Gasteiger partial charge in [0.05, 0.1) is 71.7 Å². The van der Waals surface area contributed by atoms with Crippen molar-refractivity contribution >= 4 is 56.3 Å². The van der Waals surface area contributed by atoms with E-state index < -0.39 is 53.9 Å². The van der Waals surface area contributed by atoms with Crippen LogP contribution in [-0.4, -0.2) is 117 Å². The molecule has 4 aliphatic heterocycles. The minimum absolute atomic E-state index is 0.111. The highest BCUT2D eigenvalue weighted by Gasteiger charge is 2.44. The summed E-state index contributed by atoms with van der Waals surface area (Å²) in [6.45, 7) is 4.34. The number of methoxy groups -OCH3 is 2. The molecule has 5 atom stereocenters. The first-order chi connectivity index (χ1) is 35.3. The van der Waals surface area contributed by atoms with Crippen molar-refractivity contribution in [1.82, 2.24) is 44.9 Å². The molecule has 3 aromatic carbocycles. The summed E-state index contributed by atoms with van der Waals surface area (Å²) in [4.78, 5) is 73.1. The Bertz CT molecular complexity index is 3230. The fourth-order valence-electron chi connectivity index (χ4n) is 11.0. The molecule has 4 amide bonds. The molecule has 3 fully saturated rings. The number of aromatic amines is 2. The number of carbonyl (C=O) groups is 4. The van der Waals surface area contributed by atoms with Gasteiger partial charge < -0.3 is 49.3 Å². The lowest BCUT2D eigenvalue weighted by Gasteiger charge is -2.34. The highest BCUT2D eigenvalue weighted by atomic mass is 32.1. The summed E-state index contributed by atoms with van der Waals surface area (Å²) in [6.07, 6.45) is 5.02. The topological polar surface area (TPSA) is 198 Å². The third kappa shape index (κ3) is 8.93. The van der Waals surface area contributed by atoms with Gasteiger partial charge in [0.2, 0.25) is 18.0 Å². The molecular formula is C53H55F2N9O8S. The minimum atomic E-state index is -2.07. The normalized spacial score (nSPS) is 19.8. The van der Waals surface area contributed by atoms with Crippen LogP contribution in [0.15, 0.2) is 79.1 Å². The Morgan fingerprint density at radius 3 is 2.12 bits per heavy atom. The zero-order valence-electron chi connectivity index (χ0n) is 40.7. The van der Waals surface area contributed by atoms with E-state index in [0.717, 1.165) is 45.0 Å². The molecule has 0 spiro atoms. The van der Waals surface area contributed by atoms with Crippen LogP contribution < -0.4 is 15.4 Å². The Morgan fingerprint density at radius 2 is 1.45 bits per heavy atom. The van der Waals surface area contributed by atoms with Gasteiger partial charge in [-0.05, 0) is 106 Å². The molecule has 380 valence electrons. The van der Waals surface area contributed by atoms with Crippen LogP contribution in [0.5, 0.6) is 5.75 Å². The summed E-state index contributed by atoms with van der Waals surface area (Å²) < 4.78 is 57.6. The molecule has 0 bridgehead atoms. The van der Waals surface area contributed by atoms with Crippen LogP contribution >= 0.6 is 11.3 Å². The molecule has 0 aliphatic carbocycles. The smallest absolute Gasteiger partial charge is 0.407 e. The lowest BCUT2D eigenvalue weighted by molar-refractivity contribution is -0.138. The average Bonchev–Trinajstić information content (AvgIpc) is 4.26. The van der Waals surface area contributed by atoms with Crippen LogP contribution in [0, 0.1) is 11.7 Å². The quantitative estimate of drug-likeness (QED) is 0.0969. The third-order valence-electron chi connectivity index (χ3n) is 14.7. The SMILES string of the molecule is COC(=O)NC(C(=O)N1CCC[C@H]1c1ncc(-c2ccc3c(c2)cc2n3C(c3cc4ccccc4s3)Oc3cc(-c4cnc([C@@H]5CCCN5C(=O)[C@@H](NC(=O)OC)C5CCOCC5)[nH]4)cc(F)c3-2)[nH]1)C(C)(C)F. The van der Waals surface area contributed by atoms with Crippen molar-refractivity contribution in [2.45, 2.75) is 88.4 Å². The molecule has 8 heterocycles. The number of alkyl halides is 1. The van der Waals surface area contributed by atoms with Crippen molar-refractivity contribution in [2.24, 2.45) is 5.92 Å². The summed E-state index contributed by atoms with van der Waals surface area (Å²) in [6, 6.07) is 18.3. The summed E-state index contributed by atoms with van der Waals surface area (Å²) in [7, 11) is 2.44. The van der Waals surface area contributed by atoms with E-state index in [2.05, 4.69) is 43.5 Å². The first-order valence-electron chi connectivity index (χ1n) is 24.6. The zero-order valence-corrected chi connectivity index (χ0v) is 41.5. The molecule has 73 heavy (non-hydrogen) atoms. The lowest BCUT2D eigenvalue weighted by Crippen LogP contribution is -2.56. The average molecular weight is 1020 g/mol. The molecule has 11 rings (SSSR count). The molecule has 7 aromatic rings. The number of aromatic nitrogens is 5. The Hall–Kier alpha value is -7.32. The summed E-state index contributed by atoms with van der Waals surface area (Å²) in [5.74, 6) is 0.0562. The van der Waals surface area contributed by atoms with Crippen LogP contribution in [0.25, 0.3) is 54.8 Å². The third-order valence-corrected chi connectivity index (χ3v) is 15.8. The fourth-order valence-corrected chi connectivity index (χ4v) is 12.1. The van der Waals surface area contributed by atoms with Crippen LogP contribution in [0.3, 0.4) is 0 Å². The number of alkyl carbamates (subject to hydrolysis) is 2. The maximum atomic E-state index is 17.1. The van der Waals surface area contributed by atoms with E-state index in [9.17, 15) is 19.2 Å². The van der Waals surface area contributed by atoms with Gasteiger partial charge in [0, 0.05) is 47.5 Å². The van der Waals surface area contributed by atoms with Crippen molar-refractivity contribution in [3.63, 3.8) is 0 Å². The highest BCUT2D eigenvalue weighted by Crippen LogP contribution is 2.49. The number of nitrogens with one attached hydrogen (secondary N) is 4. The van der Waals surface area contributed by atoms with E-state index in [1.165, 1.54) is 27.0 Å². The number of rotatable bonds is 11.